The van der Waals surface area contributed by atoms with Gasteiger partial charge in [0, 0.05) is 10.0 Å². The van der Waals surface area contributed by atoms with Crippen LogP contribution in [0.15, 0.2) is 27.2 Å². The maximum Gasteiger partial charge on any atom is 0.258 e. The monoisotopic (exact) mass is 353 g/mol. The SMILES string of the molecule is Cc1cc(Br)cc(-c2nc(C(C)(N)COC(C)C)no2)c1. The van der Waals surface area contributed by atoms with Crippen molar-refractivity contribution in [3.05, 3.63) is 34.1 Å². The molecule has 2 N–H and O–H groups in total. The van der Waals surface area contributed by atoms with E-state index in [9.17, 15) is 0 Å². The van der Waals surface area contributed by atoms with Gasteiger partial charge in [-0.05, 0) is 51.5 Å². The Labute approximate surface area is 133 Å². The van der Waals surface area contributed by atoms with Crippen LogP contribution in [0.4, 0.5) is 0 Å². The van der Waals surface area contributed by atoms with Crippen molar-refractivity contribution in [1.82, 2.24) is 10.1 Å². The van der Waals surface area contributed by atoms with E-state index in [-0.39, 0.29) is 6.10 Å². The number of rotatable bonds is 5. The van der Waals surface area contributed by atoms with Gasteiger partial charge in [-0.25, -0.2) is 0 Å². The highest BCUT2D eigenvalue weighted by Crippen LogP contribution is 2.25. The molecule has 1 aromatic heterocycles. The summed E-state index contributed by atoms with van der Waals surface area (Å²) in [5.74, 6) is 0.895. The summed E-state index contributed by atoms with van der Waals surface area (Å²) < 4.78 is 11.9. The van der Waals surface area contributed by atoms with E-state index in [1.165, 1.54) is 0 Å². The summed E-state index contributed by atoms with van der Waals surface area (Å²) in [6.45, 7) is 8.09. The smallest absolute Gasteiger partial charge is 0.258 e. The Bertz CT molecular complexity index is 603. The third kappa shape index (κ3) is 4.12. The van der Waals surface area contributed by atoms with Crippen molar-refractivity contribution in [2.75, 3.05) is 6.61 Å². The van der Waals surface area contributed by atoms with E-state index in [0.29, 0.717) is 18.3 Å². The predicted octanol–water partition coefficient (Wildman–Crippen LogP) is 3.41. The lowest BCUT2D eigenvalue weighted by molar-refractivity contribution is 0.0410. The number of aromatic nitrogens is 2. The average Bonchev–Trinajstić information content (AvgIpc) is 2.85. The molecule has 5 nitrogen and oxygen atoms in total. The fourth-order valence-electron chi connectivity index (χ4n) is 1.84. The van der Waals surface area contributed by atoms with Crippen LogP contribution < -0.4 is 5.73 Å². The highest BCUT2D eigenvalue weighted by atomic mass is 79.9. The third-order valence-electron chi connectivity index (χ3n) is 2.94. The molecule has 0 bridgehead atoms. The van der Waals surface area contributed by atoms with E-state index < -0.39 is 5.54 Å². The second kappa shape index (κ2) is 6.25. The van der Waals surface area contributed by atoms with E-state index in [1.807, 2.05) is 45.9 Å². The number of ether oxygens (including phenoxy) is 1. The minimum atomic E-state index is -0.785. The van der Waals surface area contributed by atoms with Crippen LogP contribution in [-0.2, 0) is 10.3 Å². The van der Waals surface area contributed by atoms with E-state index >= 15 is 0 Å². The number of nitrogens with zero attached hydrogens (tertiary/aromatic N) is 2. The number of aryl methyl sites for hydroxylation is 1. The van der Waals surface area contributed by atoms with Gasteiger partial charge in [0.2, 0.25) is 0 Å². The average molecular weight is 354 g/mol. The van der Waals surface area contributed by atoms with E-state index in [0.717, 1.165) is 15.6 Å². The Morgan fingerprint density at radius 3 is 2.71 bits per heavy atom. The van der Waals surface area contributed by atoms with Crippen LogP contribution >= 0.6 is 15.9 Å². The molecule has 0 fully saturated rings. The first-order valence-electron chi connectivity index (χ1n) is 6.80. The minimum Gasteiger partial charge on any atom is -0.376 e. The lowest BCUT2D eigenvalue weighted by Gasteiger charge is -2.21. The van der Waals surface area contributed by atoms with Crippen LogP contribution in [0, 0.1) is 6.92 Å². The van der Waals surface area contributed by atoms with Crippen LogP contribution in [0.25, 0.3) is 11.5 Å². The molecule has 1 unspecified atom stereocenters. The molecular weight excluding hydrogens is 334 g/mol. The maximum absolute atomic E-state index is 6.22. The van der Waals surface area contributed by atoms with Crippen molar-refractivity contribution in [2.24, 2.45) is 5.73 Å². The van der Waals surface area contributed by atoms with E-state index in [4.69, 9.17) is 15.0 Å². The molecule has 0 aliphatic carbocycles. The molecule has 21 heavy (non-hydrogen) atoms. The first-order chi connectivity index (χ1) is 9.78. The summed E-state index contributed by atoms with van der Waals surface area (Å²) in [4.78, 5) is 4.41. The van der Waals surface area contributed by atoms with Crippen LogP contribution in [0.2, 0.25) is 0 Å². The zero-order valence-corrected chi connectivity index (χ0v) is 14.3. The molecule has 0 aliphatic rings. The first-order valence-corrected chi connectivity index (χ1v) is 7.59. The highest BCUT2D eigenvalue weighted by molar-refractivity contribution is 9.10. The number of hydrogen-bond acceptors (Lipinski definition) is 5. The van der Waals surface area contributed by atoms with Crippen molar-refractivity contribution in [3.8, 4) is 11.5 Å². The van der Waals surface area contributed by atoms with E-state index in [1.54, 1.807) is 0 Å². The minimum absolute atomic E-state index is 0.104. The zero-order chi connectivity index (χ0) is 15.6. The third-order valence-corrected chi connectivity index (χ3v) is 3.40. The predicted molar refractivity (Wildman–Crippen MR) is 84.8 cm³/mol. The molecule has 0 spiro atoms. The fraction of sp³-hybridized carbons (Fsp3) is 0.467. The van der Waals surface area contributed by atoms with Crippen LogP contribution in [0.5, 0.6) is 0 Å². The molecular formula is C15H20BrN3O2. The molecule has 1 heterocycles. The fourth-order valence-corrected chi connectivity index (χ4v) is 2.44. The topological polar surface area (TPSA) is 74.2 Å². The highest BCUT2D eigenvalue weighted by Gasteiger charge is 2.28. The summed E-state index contributed by atoms with van der Waals surface area (Å²) in [5, 5.41) is 4.00. The Kier molecular flexibility index (Phi) is 4.81. The summed E-state index contributed by atoms with van der Waals surface area (Å²) in [6, 6.07) is 5.94. The standard InChI is InChI=1S/C15H20BrN3O2/c1-9(2)20-8-15(4,17)14-18-13(21-19-14)11-5-10(3)6-12(16)7-11/h5-7,9H,8,17H2,1-4H3. The van der Waals surface area contributed by atoms with Crippen molar-refractivity contribution in [2.45, 2.75) is 39.3 Å². The van der Waals surface area contributed by atoms with Gasteiger partial charge in [-0.15, -0.1) is 0 Å². The zero-order valence-electron chi connectivity index (χ0n) is 12.7. The second-order valence-corrected chi connectivity index (χ2v) is 6.63. The van der Waals surface area contributed by atoms with Gasteiger partial charge in [0.15, 0.2) is 5.82 Å². The Morgan fingerprint density at radius 2 is 2.10 bits per heavy atom. The van der Waals surface area contributed by atoms with Crippen LogP contribution in [0.1, 0.15) is 32.2 Å². The maximum atomic E-state index is 6.22. The Hall–Kier alpha value is -1.24. The number of benzene rings is 1. The molecule has 1 aromatic carbocycles. The molecule has 0 amide bonds. The summed E-state index contributed by atoms with van der Waals surface area (Å²) in [5.41, 5.74) is 7.40. The van der Waals surface area contributed by atoms with Gasteiger partial charge in [-0.3, -0.25) is 0 Å². The molecule has 0 saturated heterocycles. The number of nitrogens with two attached hydrogens (primary N) is 1. The second-order valence-electron chi connectivity index (χ2n) is 5.72. The number of hydrogen-bond donors (Lipinski definition) is 1. The summed E-state index contributed by atoms with van der Waals surface area (Å²) >= 11 is 3.46. The van der Waals surface area contributed by atoms with Gasteiger partial charge in [-0.1, -0.05) is 21.1 Å². The van der Waals surface area contributed by atoms with Crippen molar-refractivity contribution in [3.63, 3.8) is 0 Å². The van der Waals surface area contributed by atoms with Gasteiger partial charge in [0.1, 0.15) is 5.54 Å². The van der Waals surface area contributed by atoms with Gasteiger partial charge in [-0.2, -0.15) is 4.98 Å². The molecule has 0 aliphatic heterocycles. The molecule has 0 radical (unpaired) electrons. The van der Waals surface area contributed by atoms with Gasteiger partial charge < -0.3 is 15.0 Å². The Balaban J connectivity index is 2.24. The molecule has 2 rings (SSSR count). The van der Waals surface area contributed by atoms with Crippen molar-refractivity contribution in [1.29, 1.82) is 0 Å². The van der Waals surface area contributed by atoms with Crippen molar-refractivity contribution < 1.29 is 9.26 Å². The van der Waals surface area contributed by atoms with Gasteiger partial charge in [0.05, 0.1) is 12.7 Å². The largest absolute Gasteiger partial charge is 0.376 e. The lowest BCUT2D eigenvalue weighted by atomic mass is 10.1. The molecule has 0 saturated carbocycles. The van der Waals surface area contributed by atoms with Gasteiger partial charge >= 0.3 is 0 Å². The van der Waals surface area contributed by atoms with E-state index in [2.05, 4.69) is 26.1 Å². The normalized spacial score (nSPS) is 14.4. The molecule has 1 atom stereocenters. The molecule has 2 aromatic rings. The molecule has 114 valence electrons. The summed E-state index contributed by atoms with van der Waals surface area (Å²) in [6.07, 6.45) is 0.104. The van der Waals surface area contributed by atoms with Crippen LogP contribution in [-0.4, -0.2) is 22.9 Å². The van der Waals surface area contributed by atoms with Crippen molar-refractivity contribution >= 4 is 15.9 Å². The lowest BCUT2D eigenvalue weighted by Crippen LogP contribution is -2.40. The number of halogens is 1. The Morgan fingerprint density at radius 1 is 1.38 bits per heavy atom. The molecule has 6 heteroatoms. The first kappa shape index (κ1) is 16.1. The summed E-state index contributed by atoms with van der Waals surface area (Å²) in [7, 11) is 0. The quantitative estimate of drug-likeness (QED) is 0.891. The van der Waals surface area contributed by atoms with Crippen LogP contribution in [0.3, 0.4) is 0 Å². The van der Waals surface area contributed by atoms with Gasteiger partial charge in [0.25, 0.3) is 5.89 Å².